The van der Waals surface area contributed by atoms with E-state index >= 15 is 0 Å². The van der Waals surface area contributed by atoms with Gasteiger partial charge < -0.3 is 10.5 Å². The van der Waals surface area contributed by atoms with Gasteiger partial charge in [-0.2, -0.15) is 0 Å². The fraction of sp³-hybridized carbons (Fsp3) is 1.00. The molecular formula is C13H23NO. The summed E-state index contributed by atoms with van der Waals surface area (Å²) in [4.78, 5) is 0. The van der Waals surface area contributed by atoms with Crippen molar-refractivity contribution in [1.82, 2.24) is 0 Å². The van der Waals surface area contributed by atoms with Crippen molar-refractivity contribution < 1.29 is 4.74 Å². The van der Waals surface area contributed by atoms with Crippen LogP contribution < -0.4 is 5.73 Å². The molecule has 0 aromatic rings. The molecule has 2 heteroatoms. The minimum Gasteiger partial charge on any atom is -0.378 e. The van der Waals surface area contributed by atoms with Gasteiger partial charge in [0.25, 0.3) is 0 Å². The van der Waals surface area contributed by atoms with Crippen LogP contribution in [-0.2, 0) is 4.74 Å². The quantitative estimate of drug-likeness (QED) is 0.774. The fourth-order valence-electron chi connectivity index (χ4n) is 3.96. The van der Waals surface area contributed by atoms with Crippen LogP contribution in [0.3, 0.4) is 0 Å². The van der Waals surface area contributed by atoms with Crippen molar-refractivity contribution in [2.24, 2.45) is 23.5 Å². The summed E-state index contributed by atoms with van der Waals surface area (Å²) in [6, 6.07) is 0.412. The van der Waals surface area contributed by atoms with E-state index in [0.29, 0.717) is 12.1 Å². The van der Waals surface area contributed by atoms with E-state index in [-0.39, 0.29) is 0 Å². The van der Waals surface area contributed by atoms with Gasteiger partial charge in [0.1, 0.15) is 0 Å². The van der Waals surface area contributed by atoms with Crippen LogP contribution in [0, 0.1) is 17.8 Å². The van der Waals surface area contributed by atoms with Crippen LogP contribution >= 0.6 is 0 Å². The normalized spacial score (nSPS) is 49.0. The highest BCUT2D eigenvalue weighted by Gasteiger charge is 2.39. The molecule has 3 aliphatic rings. The Bertz CT molecular complexity index is 231. The number of ether oxygens (including phenoxy) is 1. The molecule has 5 unspecified atom stereocenters. The van der Waals surface area contributed by atoms with E-state index in [2.05, 4.69) is 0 Å². The molecule has 3 aliphatic carbocycles. The lowest BCUT2D eigenvalue weighted by atomic mass is 9.89. The van der Waals surface area contributed by atoms with Crippen molar-refractivity contribution in [3.05, 3.63) is 0 Å². The van der Waals surface area contributed by atoms with Crippen molar-refractivity contribution in [3.8, 4) is 0 Å². The summed E-state index contributed by atoms with van der Waals surface area (Å²) in [7, 11) is 0. The summed E-state index contributed by atoms with van der Waals surface area (Å²) in [6.45, 7) is 1.03. The molecule has 2 N–H and O–H groups in total. The van der Waals surface area contributed by atoms with Crippen molar-refractivity contribution in [3.63, 3.8) is 0 Å². The first-order chi connectivity index (χ1) is 7.31. The Morgan fingerprint density at radius 2 is 1.93 bits per heavy atom. The predicted molar refractivity (Wildman–Crippen MR) is 60.5 cm³/mol. The largest absolute Gasteiger partial charge is 0.378 e. The summed E-state index contributed by atoms with van der Waals surface area (Å²) in [5.74, 6) is 2.94. The van der Waals surface area contributed by atoms with Crippen LogP contribution in [0.5, 0.6) is 0 Å². The average Bonchev–Trinajstić information content (AvgIpc) is 2.90. The lowest BCUT2D eigenvalue weighted by Crippen LogP contribution is -2.22. The van der Waals surface area contributed by atoms with E-state index in [9.17, 15) is 0 Å². The number of hydrogen-bond acceptors (Lipinski definition) is 2. The van der Waals surface area contributed by atoms with Gasteiger partial charge in [-0.05, 0) is 56.3 Å². The van der Waals surface area contributed by atoms with Crippen LogP contribution in [0.15, 0.2) is 0 Å². The minimum absolute atomic E-state index is 0.412. The van der Waals surface area contributed by atoms with Crippen LogP contribution in [0.1, 0.15) is 44.9 Å². The lowest BCUT2D eigenvalue weighted by molar-refractivity contribution is 0.0198. The summed E-state index contributed by atoms with van der Waals surface area (Å²) >= 11 is 0. The third kappa shape index (κ3) is 2.07. The molecule has 0 radical (unpaired) electrons. The number of fused-ring (bicyclic) bond motifs is 2. The smallest absolute Gasteiger partial charge is 0.0590 e. The molecule has 2 bridgehead atoms. The van der Waals surface area contributed by atoms with Gasteiger partial charge in [-0.1, -0.05) is 6.42 Å². The molecule has 0 aliphatic heterocycles. The van der Waals surface area contributed by atoms with Crippen LogP contribution in [0.4, 0.5) is 0 Å². The van der Waals surface area contributed by atoms with Gasteiger partial charge in [0.15, 0.2) is 0 Å². The molecule has 3 saturated carbocycles. The molecular weight excluding hydrogens is 186 g/mol. The summed E-state index contributed by atoms with van der Waals surface area (Å²) in [5, 5.41) is 0. The highest BCUT2D eigenvalue weighted by molar-refractivity contribution is 4.90. The van der Waals surface area contributed by atoms with Crippen molar-refractivity contribution >= 4 is 0 Å². The van der Waals surface area contributed by atoms with E-state index in [4.69, 9.17) is 10.5 Å². The molecule has 3 fully saturated rings. The summed E-state index contributed by atoms with van der Waals surface area (Å²) < 4.78 is 6.03. The molecule has 0 spiro atoms. The van der Waals surface area contributed by atoms with Crippen LogP contribution in [0.2, 0.25) is 0 Å². The van der Waals surface area contributed by atoms with Gasteiger partial charge in [-0.15, -0.1) is 0 Å². The van der Waals surface area contributed by atoms with E-state index < -0.39 is 0 Å². The van der Waals surface area contributed by atoms with Crippen molar-refractivity contribution in [2.45, 2.75) is 57.1 Å². The van der Waals surface area contributed by atoms with Gasteiger partial charge in [-0.3, -0.25) is 0 Å². The molecule has 0 amide bonds. The second-order valence-corrected chi connectivity index (χ2v) is 5.96. The number of nitrogens with two attached hydrogens (primary N) is 1. The van der Waals surface area contributed by atoms with Gasteiger partial charge >= 0.3 is 0 Å². The second-order valence-electron chi connectivity index (χ2n) is 5.96. The molecule has 15 heavy (non-hydrogen) atoms. The highest BCUT2D eigenvalue weighted by Crippen LogP contribution is 2.48. The first-order valence-electron chi connectivity index (χ1n) is 6.68. The first kappa shape index (κ1) is 10.1. The molecule has 0 aromatic heterocycles. The third-order valence-corrected chi connectivity index (χ3v) is 4.86. The van der Waals surface area contributed by atoms with E-state index in [0.717, 1.165) is 30.8 Å². The number of rotatable bonds is 3. The SMILES string of the molecule is NC1CCC(OCC2CC3CCC2C3)C1. The standard InChI is InChI=1S/C13H23NO/c14-12-3-4-13(7-12)15-8-11-6-9-1-2-10(11)5-9/h9-13H,1-8,14H2. The molecule has 3 rings (SSSR count). The van der Waals surface area contributed by atoms with Crippen LogP contribution in [0.25, 0.3) is 0 Å². The first-order valence-corrected chi connectivity index (χ1v) is 6.68. The second kappa shape index (κ2) is 4.06. The fourth-order valence-corrected chi connectivity index (χ4v) is 3.96. The average molecular weight is 209 g/mol. The van der Waals surface area contributed by atoms with E-state index in [1.165, 1.54) is 38.5 Å². The van der Waals surface area contributed by atoms with Crippen molar-refractivity contribution in [1.29, 1.82) is 0 Å². The number of hydrogen-bond donors (Lipinski definition) is 1. The summed E-state index contributed by atoms with van der Waals surface area (Å²) in [6.07, 6.45) is 9.86. The van der Waals surface area contributed by atoms with E-state index in [1.54, 1.807) is 0 Å². The maximum atomic E-state index is 6.03. The van der Waals surface area contributed by atoms with Crippen molar-refractivity contribution in [2.75, 3.05) is 6.61 Å². The Labute approximate surface area is 92.6 Å². The molecule has 86 valence electrons. The van der Waals surface area contributed by atoms with E-state index in [1.807, 2.05) is 0 Å². The molecule has 0 aromatic carbocycles. The zero-order valence-electron chi connectivity index (χ0n) is 9.53. The van der Waals surface area contributed by atoms with Gasteiger partial charge in [-0.25, -0.2) is 0 Å². The molecule has 0 saturated heterocycles. The topological polar surface area (TPSA) is 35.2 Å². The molecule has 5 atom stereocenters. The van der Waals surface area contributed by atoms with Gasteiger partial charge in [0.05, 0.1) is 12.7 Å². The highest BCUT2D eigenvalue weighted by atomic mass is 16.5. The maximum Gasteiger partial charge on any atom is 0.0590 e. The maximum absolute atomic E-state index is 6.03. The molecule has 2 nitrogen and oxygen atoms in total. The molecule has 0 heterocycles. The monoisotopic (exact) mass is 209 g/mol. The van der Waals surface area contributed by atoms with Crippen LogP contribution in [-0.4, -0.2) is 18.8 Å². The zero-order chi connectivity index (χ0) is 10.3. The Balaban J connectivity index is 1.43. The predicted octanol–water partition coefficient (Wildman–Crippen LogP) is 2.32. The zero-order valence-corrected chi connectivity index (χ0v) is 9.53. The Morgan fingerprint density at radius 1 is 1.00 bits per heavy atom. The minimum atomic E-state index is 0.412. The Morgan fingerprint density at radius 3 is 2.53 bits per heavy atom. The Hall–Kier alpha value is -0.0800. The Kier molecular flexibility index (Phi) is 2.73. The third-order valence-electron chi connectivity index (χ3n) is 4.86. The summed E-state index contributed by atoms with van der Waals surface area (Å²) in [5.41, 5.74) is 5.89. The van der Waals surface area contributed by atoms with Gasteiger partial charge in [0, 0.05) is 6.04 Å². The lowest BCUT2D eigenvalue weighted by Gasteiger charge is -2.23. The van der Waals surface area contributed by atoms with Gasteiger partial charge in [0.2, 0.25) is 0 Å².